The lowest BCUT2D eigenvalue weighted by Gasteiger charge is -2.37. The van der Waals surface area contributed by atoms with Crippen molar-refractivity contribution in [2.24, 2.45) is 14.1 Å². The van der Waals surface area contributed by atoms with Crippen LogP contribution in [0.3, 0.4) is 0 Å². The van der Waals surface area contributed by atoms with Gasteiger partial charge in [-0.15, -0.1) is 0 Å². The number of para-hydroxylation sites is 2. The molecule has 3 aliphatic rings. The molecule has 0 saturated carbocycles. The van der Waals surface area contributed by atoms with Crippen LogP contribution in [0.1, 0.15) is 17.9 Å². The van der Waals surface area contributed by atoms with E-state index in [9.17, 15) is 24.0 Å². The maximum absolute atomic E-state index is 13.0. The molecule has 1 aromatic carbocycles. The first-order chi connectivity index (χ1) is 16.8. The van der Waals surface area contributed by atoms with Crippen molar-refractivity contribution in [2.75, 3.05) is 38.1 Å². The average molecular weight is 483 g/mol. The molecular formula is C23H25N5O7. The van der Waals surface area contributed by atoms with Gasteiger partial charge in [-0.3, -0.25) is 28.3 Å². The second kappa shape index (κ2) is 8.60. The minimum absolute atomic E-state index is 0.114. The van der Waals surface area contributed by atoms with E-state index in [1.54, 1.807) is 28.0 Å². The van der Waals surface area contributed by atoms with Crippen LogP contribution in [0.15, 0.2) is 33.9 Å². The number of rotatable bonds is 3. The molecule has 3 amide bonds. The average Bonchev–Trinajstić information content (AvgIpc) is 3.21. The van der Waals surface area contributed by atoms with Crippen LogP contribution in [0.25, 0.3) is 0 Å². The van der Waals surface area contributed by atoms with Gasteiger partial charge in [-0.05, 0) is 12.1 Å². The number of amides is 3. The normalized spacial score (nSPS) is 20.9. The van der Waals surface area contributed by atoms with Crippen LogP contribution in [0.4, 0.5) is 5.82 Å². The van der Waals surface area contributed by atoms with Crippen LogP contribution >= 0.6 is 0 Å². The molecule has 0 bridgehead atoms. The predicted molar refractivity (Wildman–Crippen MR) is 122 cm³/mol. The maximum atomic E-state index is 13.0. The van der Waals surface area contributed by atoms with Crippen LogP contribution < -0.4 is 26.0 Å². The summed E-state index contributed by atoms with van der Waals surface area (Å²) in [7, 11) is 2.80. The number of fused-ring (bicyclic) bond motifs is 2. The van der Waals surface area contributed by atoms with Crippen LogP contribution in [0.2, 0.25) is 0 Å². The predicted octanol–water partition coefficient (Wildman–Crippen LogP) is -0.979. The molecule has 2 atom stereocenters. The fourth-order valence-corrected chi connectivity index (χ4v) is 4.69. The quantitative estimate of drug-likeness (QED) is 0.594. The second-order valence-corrected chi connectivity index (χ2v) is 8.78. The molecule has 0 spiro atoms. The summed E-state index contributed by atoms with van der Waals surface area (Å²) >= 11 is 0. The van der Waals surface area contributed by atoms with E-state index < -0.39 is 29.2 Å². The summed E-state index contributed by atoms with van der Waals surface area (Å²) in [5, 5.41) is 2.56. The van der Waals surface area contributed by atoms with Gasteiger partial charge in [-0.25, -0.2) is 4.79 Å². The SMILES string of the molecule is Cn1c2c(c(=O)n(C)c1=O)C(CC(=O)N1CCN(C(=O)C3COc4ccccc4O3)CC1)C(=O)N2. The van der Waals surface area contributed by atoms with Crippen molar-refractivity contribution in [1.29, 1.82) is 0 Å². The highest BCUT2D eigenvalue weighted by molar-refractivity contribution is 6.04. The molecular weight excluding hydrogens is 458 g/mol. The van der Waals surface area contributed by atoms with E-state index >= 15 is 0 Å². The lowest BCUT2D eigenvalue weighted by Crippen LogP contribution is -2.55. The Labute approximate surface area is 199 Å². The van der Waals surface area contributed by atoms with E-state index in [2.05, 4.69) is 5.32 Å². The van der Waals surface area contributed by atoms with Gasteiger partial charge in [0.05, 0.1) is 11.5 Å². The van der Waals surface area contributed by atoms with Crippen molar-refractivity contribution in [3.8, 4) is 11.5 Å². The Morgan fingerprint density at radius 1 is 0.971 bits per heavy atom. The van der Waals surface area contributed by atoms with Gasteiger partial charge >= 0.3 is 5.69 Å². The summed E-state index contributed by atoms with van der Waals surface area (Å²) in [4.78, 5) is 66.5. The van der Waals surface area contributed by atoms with Crippen molar-refractivity contribution in [2.45, 2.75) is 18.4 Å². The number of hydrogen-bond acceptors (Lipinski definition) is 7. The Hall–Kier alpha value is -4.09. The molecule has 1 fully saturated rings. The van der Waals surface area contributed by atoms with Gasteiger partial charge in [-0.1, -0.05) is 12.1 Å². The molecule has 4 heterocycles. The molecule has 3 aliphatic heterocycles. The van der Waals surface area contributed by atoms with Crippen LogP contribution in [-0.4, -0.2) is 75.5 Å². The van der Waals surface area contributed by atoms with E-state index in [-0.39, 0.29) is 36.2 Å². The topological polar surface area (TPSA) is 132 Å². The lowest BCUT2D eigenvalue weighted by molar-refractivity contribution is -0.146. The van der Waals surface area contributed by atoms with Crippen LogP contribution in [-0.2, 0) is 28.5 Å². The third-order valence-electron chi connectivity index (χ3n) is 6.71. The number of piperazine rings is 1. The third-order valence-corrected chi connectivity index (χ3v) is 6.71. The number of carbonyl (C=O) groups excluding carboxylic acids is 3. The van der Waals surface area contributed by atoms with Crippen molar-refractivity contribution in [3.05, 3.63) is 50.7 Å². The summed E-state index contributed by atoms with van der Waals surface area (Å²) in [6.45, 7) is 1.33. The molecule has 1 saturated heterocycles. The zero-order chi connectivity index (χ0) is 24.9. The molecule has 184 valence electrons. The first-order valence-electron chi connectivity index (χ1n) is 11.3. The number of benzene rings is 1. The van der Waals surface area contributed by atoms with Gasteiger partial charge in [0.1, 0.15) is 12.4 Å². The fourth-order valence-electron chi connectivity index (χ4n) is 4.69. The molecule has 2 aromatic rings. The zero-order valence-corrected chi connectivity index (χ0v) is 19.4. The van der Waals surface area contributed by atoms with Gasteiger partial charge in [0, 0.05) is 46.7 Å². The summed E-state index contributed by atoms with van der Waals surface area (Å²) in [5.41, 5.74) is -1.03. The molecule has 35 heavy (non-hydrogen) atoms. The van der Waals surface area contributed by atoms with Crippen LogP contribution in [0, 0.1) is 0 Å². The zero-order valence-electron chi connectivity index (χ0n) is 19.4. The van der Waals surface area contributed by atoms with Crippen molar-refractivity contribution >= 4 is 23.5 Å². The number of nitrogens with one attached hydrogen (secondary N) is 1. The number of aromatic nitrogens is 2. The van der Waals surface area contributed by atoms with Crippen molar-refractivity contribution in [3.63, 3.8) is 0 Å². The molecule has 1 aromatic heterocycles. The van der Waals surface area contributed by atoms with Crippen molar-refractivity contribution in [1.82, 2.24) is 18.9 Å². The van der Waals surface area contributed by atoms with E-state index in [1.165, 1.54) is 18.7 Å². The summed E-state index contributed by atoms with van der Waals surface area (Å²) in [6.07, 6.45) is -0.954. The van der Waals surface area contributed by atoms with E-state index in [0.717, 1.165) is 4.57 Å². The van der Waals surface area contributed by atoms with Crippen molar-refractivity contribution < 1.29 is 23.9 Å². The van der Waals surface area contributed by atoms with Crippen LogP contribution in [0.5, 0.6) is 11.5 Å². The molecule has 0 radical (unpaired) electrons. The summed E-state index contributed by atoms with van der Waals surface area (Å²) < 4.78 is 13.5. The first-order valence-corrected chi connectivity index (χ1v) is 11.3. The van der Waals surface area contributed by atoms with Gasteiger partial charge in [0.15, 0.2) is 11.5 Å². The highest BCUT2D eigenvalue weighted by atomic mass is 16.6. The Balaban J connectivity index is 1.22. The monoisotopic (exact) mass is 483 g/mol. The molecule has 12 nitrogen and oxygen atoms in total. The Morgan fingerprint density at radius 2 is 1.63 bits per heavy atom. The number of anilines is 1. The summed E-state index contributed by atoms with van der Waals surface area (Å²) in [5.74, 6) is -0.727. The first kappa shape index (κ1) is 22.7. The van der Waals surface area contributed by atoms with Gasteiger partial charge in [0.2, 0.25) is 17.9 Å². The Bertz CT molecular complexity index is 1340. The number of carbonyl (C=O) groups is 3. The minimum Gasteiger partial charge on any atom is -0.485 e. The van der Waals surface area contributed by atoms with Gasteiger partial charge in [-0.2, -0.15) is 0 Å². The largest absolute Gasteiger partial charge is 0.485 e. The Kier molecular flexibility index (Phi) is 5.58. The molecule has 5 rings (SSSR count). The minimum atomic E-state index is -0.976. The Morgan fingerprint density at radius 3 is 2.34 bits per heavy atom. The molecule has 12 heteroatoms. The third kappa shape index (κ3) is 3.84. The standard InChI is InChI=1S/C23H25N5O7/c1-25-19-18(22(32)26(2)23(25)33)13(20(30)24-19)11-17(29)27-7-9-28(10-8-27)21(31)16-12-34-14-5-3-4-6-15(14)35-16/h3-6,13,16H,7-12H2,1-2H3,(H,24,30). The summed E-state index contributed by atoms with van der Waals surface area (Å²) in [6, 6.07) is 7.15. The maximum Gasteiger partial charge on any atom is 0.332 e. The molecule has 1 N–H and O–H groups in total. The highest BCUT2D eigenvalue weighted by Crippen LogP contribution is 2.32. The molecule has 0 aliphatic carbocycles. The van der Waals surface area contributed by atoms with Gasteiger partial charge < -0.3 is 24.6 Å². The lowest BCUT2D eigenvalue weighted by atomic mass is 9.98. The number of nitrogens with zero attached hydrogens (tertiary/aromatic N) is 4. The fraction of sp³-hybridized carbons (Fsp3) is 0.435. The highest BCUT2D eigenvalue weighted by Gasteiger charge is 2.39. The van der Waals surface area contributed by atoms with E-state index in [4.69, 9.17) is 9.47 Å². The smallest absolute Gasteiger partial charge is 0.332 e. The van der Waals surface area contributed by atoms with E-state index in [1.807, 2.05) is 6.07 Å². The number of hydrogen-bond donors (Lipinski definition) is 1. The number of ether oxygens (including phenoxy) is 2. The van der Waals surface area contributed by atoms with Gasteiger partial charge in [0.25, 0.3) is 11.5 Å². The van der Waals surface area contributed by atoms with E-state index in [0.29, 0.717) is 37.7 Å². The molecule has 2 unspecified atom stereocenters. The second-order valence-electron chi connectivity index (χ2n) is 8.78.